The zero-order chi connectivity index (χ0) is 52.8. The van der Waals surface area contributed by atoms with Gasteiger partial charge in [0.2, 0.25) is 11.9 Å². The van der Waals surface area contributed by atoms with Crippen LogP contribution in [0.5, 0.6) is 11.5 Å². The third-order valence-electron chi connectivity index (χ3n) is 8.12. The first-order valence-electron chi connectivity index (χ1n) is 21.2. The lowest BCUT2D eigenvalue weighted by Gasteiger charge is -2.21. The number of urea groups is 1. The van der Waals surface area contributed by atoms with Crippen LogP contribution in [0.15, 0.2) is 64.5 Å². The molecular weight excluding hydrogens is 963 g/mol. The maximum absolute atomic E-state index is 14.4. The largest absolute Gasteiger partial charge is 0.595 e. The Morgan fingerprint density at radius 2 is 1.23 bits per heavy atom. The topological polar surface area (TPSA) is 255 Å². The molecule has 19 nitrogen and oxygen atoms in total. The first kappa shape index (κ1) is 57.8. The number of amides is 6. The lowest BCUT2D eigenvalue weighted by molar-refractivity contribution is -0.991. The predicted octanol–water partition coefficient (Wildman–Crippen LogP) is 9.69. The summed E-state index contributed by atoms with van der Waals surface area (Å²) in [6.07, 6.45) is -12.5. The van der Waals surface area contributed by atoms with E-state index in [1.165, 1.54) is 24.3 Å². The molecule has 386 valence electrons. The van der Waals surface area contributed by atoms with Gasteiger partial charge >= 0.3 is 36.7 Å². The third-order valence-corrected chi connectivity index (χ3v) is 9.26. The number of nitrogens with one attached hydrogen (secondary N) is 7. The van der Waals surface area contributed by atoms with Crippen LogP contribution in [0.25, 0.3) is 0 Å². The van der Waals surface area contributed by atoms with Crippen molar-refractivity contribution in [3.05, 3.63) is 70.9 Å². The van der Waals surface area contributed by atoms with E-state index in [2.05, 4.69) is 36.9 Å². The Hall–Kier alpha value is -6.51. The van der Waals surface area contributed by atoms with Crippen molar-refractivity contribution in [2.45, 2.75) is 116 Å². The average Bonchev–Trinajstić information content (AvgIpc) is 3.17. The van der Waals surface area contributed by atoms with E-state index in [1.54, 1.807) is 62.3 Å². The number of hydrogen-bond donors (Lipinski definition) is 8. The van der Waals surface area contributed by atoms with Crippen molar-refractivity contribution >= 4 is 70.7 Å². The molecule has 0 aliphatic carbocycles. The zero-order valence-corrected chi connectivity index (χ0v) is 40.4. The summed E-state index contributed by atoms with van der Waals surface area (Å²) >= 11 is 0.878. The average molecular weight is 1020 g/mol. The molecule has 3 aromatic carbocycles. The van der Waals surface area contributed by atoms with Crippen molar-refractivity contribution in [3.8, 4) is 11.5 Å². The highest BCUT2D eigenvalue weighted by Gasteiger charge is 2.34. The van der Waals surface area contributed by atoms with Gasteiger partial charge in [0, 0.05) is 43.1 Å². The second-order valence-corrected chi connectivity index (χ2v) is 19.0. The van der Waals surface area contributed by atoms with Crippen molar-refractivity contribution in [2.24, 2.45) is 4.99 Å². The van der Waals surface area contributed by atoms with Crippen LogP contribution in [0, 0.1) is 5.21 Å². The van der Waals surface area contributed by atoms with Crippen molar-refractivity contribution < 1.29 is 79.7 Å². The van der Waals surface area contributed by atoms with E-state index >= 15 is 0 Å². The van der Waals surface area contributed by atoms with E-state index in [0.29, 0.717) is 24.3 Å². The molecule has 1 atom stereocenters. The molecule has 1 unspecified atom stereocenters. The van der Waals surface area contributed by atoms with E-state index in [4.69, 9.17) is 18.9 Å². The van der Waals surface area contributed by atoms with Crippen LogP contribution in [0.2, 0.25) is 0 Å². The van der Waals surface area contributed by atoms with E-state index in [9.17, 15) is 60.7 Å². The summed E-state index contributed by atoms with van der Waals surface area (Å²) in [4.78, 5) is 67.5. The number of unbranched alkanes of at least 4 members (excludes halogenated alkanes) is 1. The number of halogens is 6. The summed E-state index contributed by atoms with van der Waals surface area (Å²) in [5.74, 6) is -1.55. The van der Waals surface area contributed by atoms with Crippen LogP contribution < -0.4 is 41.9 Å². The molecule has 6 amide bonds. The number of rotatable bonds is 15. The van der Waals surface area contributed by atoms with E-state index < -0.39 is 92.9 Å². The number of aliphatic imine (C=N–C) groups is 1. The molecule has 8 N–H and O–H groups in total. The zero-order valence-electron chi connectivity index (χ0n) is 39.6. The van der Waals surface area contributed by atoms with Gasteiger partial charge in [-0.1, -0.05) is 0 Å². The van der Waals surface area contributed by atoms with Gasteiger partial charge in [-0.3, -0.25) is 10.1 Å². The molecule has 26 heteroatoms. The van der Waals surface area contributed by atoms with Crippen molar-refractivity contribution in [2.75, 3.05) is 34.8 Å². The maximum atomic E-state index is 14.4. The smallest absolute Gasteiger partial charge is 0.437 e. The number of alkyl halides is 6. The molecule has 0 fully saturated rings. The summed E-state index contributed by atoms with van der Waals surface area (Å²) in [7, 11) is 0. The Morgan fingerprint density at radius 3 is 1.79 bits per heavy atom. The Labute approximate surface area is 403 Å². The van der Waals surface area contributed by atoms with Gasteiger partial charge in [0.05, 0.1) is 27.4 Å². The molecular formula is C44H56F6N8O11S. The molecule has 0 radical (unpaired) electrons. The number of ether oxygens (including phenoxy) is 4. The molecule has 3 aromatic rings. The fourth-order valence-electron chi connectivity index (χ4n) is 5.44. The number of nitrogens with zero attached hydrogens (tertiary/aromatic N) is 1. The second kappa shape index (κ2) is 24.4. The first-order chi connectivity index (χ1) is 32.2. The number of hydrogen-bond acceptors (Lipinski definition) is 12. The quantitative estimate of drug-likeness (QED) is 0.0134. The fourth-order valence-corrected chi connectivity index (χ4v) is 6.38. The van der Waals surface area contributed by atoms with Crippen LogP contribution in [0.4, 0.5) is 68.3 Å². The lowest BCUT2D eigenvalue weighted by atomic mass is 10.1. The van der Waals surface area contributed by atoms with Crippen LogP contribution in [0.1, 0.15) is 92.7 Å². The van der Waals surface area contributed by atoms with Gasteiger partial charge in [0.25, 0.3) is 0 Å². The van der Waals surface area contributed by atoms with E-state index in [0.717, 1.165) is 17.8 Å². The van der Waals surface area contributed by atoms with Gasteiger partial charge in [0.1, 0.15) is 28.3 Å². The van der Waals surface area contributed by atoms with E-state index in [1.807, 2.05) is 0 Å². The number of guanidine groups is 1. The molecule has 0 saturated carbocycles. The molecule has 0 bridgehead atoms. The van der Waals surface area contributed by atoms with Gasteiger partial charge < -0.3 is 50.7 Å². The predicted molar refractivity (Wildman–Crippen MR) is 246 cm³/mol. The second-order valence-electron chi connectivity index (χ2n) is 17.9. The normalized spacial score (nSPS) is 12.8. The SMILES string of the molecule is CC(C)(C)OC(=O)N=C(NCCCCC(=O)Nc1cc(C(F)(F)F)cc(NC(=O)Nc2ccc(Oc3cc([NH+]([O-])O)cc(C(F)(F)F)c3)cc2)c1SCCNC(=O)OC(C)(C)C)NC(=O)OC(C)(C)C. The fraction of sp³-hybridized carbons (Fsp3) is 0.455. The number of carbonyl (C=O) groups is 5. The number of anilines is 3. The van der Waals surface area contributed by atoms with Crippen molar-refractivity contribution in [1.29, 1.82) is 0 Å². The highest BCUT2D eigenvalue weighted by Crippen LogP contribution is 2.41. The minimum Gasteiger partial charge on any atom is -0.595 e. The standard InChI is InChI=1S/C44H56F6N8O11S/c1-40(2,3)67-37(61)52-18-19-70-34-31(54-33(59)12-10-11-17-51-35(56-38(62)68-41(4,5)6)57-39(63)69-42(7,8)9)22-26(44(48,49)50)23-32(34)55-36(60)53-27-13-15-29(16-14-27)66-30-21-25(43(45,46)47)20-28(24-30)58(64)65/h13-16,20-24,58,64H,10-12,17-19H2,1-9H3,(H,52,61)(H,54,59)(H2,53,55,60)(H2,51,56,57,62,63). The summed E-state index contributed by atoms with van der Waals surface area (Å²) in [6.45, 7) is 14.6. The molecule has 0 spiro atoms. The minimum atomic E-state index is -4.98. The van der Waals surface area contributed by atoms with Gasteiger partial charge in [-0.05, 0) is 118 Å². The maximum Gasteiger partial charge on any atom is 0.437 e. The highest BCUT2D eigenvalue weighted by molar-refractivity contribution is 7.99. The summed E-state index contributed by atoms with van der Waals surface area (Å²) in [6, 6.07) is 7.11. The van der Waals surface area contributed by atoms with Gasteiger partial charge in [-0.2, -0.15) is 31.6 Å². The summed E-state index contributed by atoms with van der Waals surface area (Å²) in [5.41, 5.74) is -6.55. The Morgan fingerprint density at radius 1 is 0.671 bits per heavy atom. The molecule has 3 rings (SSSR count). The Bertz CT molecular complexity index is 2350. The summed E-state index contributed by atoms with van der Waals surface area (Å²) in [5, 5.41) is 33.9. The molecule has 0 aromatic heterocycles. The molecule has 0 heterocycles. The van der Waals surface area contributed by atoms with E-state index in [-0.39, 0.29) is 66.1 Å². The Balaban J connectivity index is 1.83. The number of carbonyl (C=O) groups excluding carboxylic acids is 5. The molecule has 0 saturated heterocycles. The first-order valence-corrected chi connectivity index (χ1v) is 22.2. The number of quaternary nitrogens is 1. The van der Waals surface area contributed by atoms with Crippen LogP contribution in [-0.2, 0) is 31.4 Å². The monoisotopic (exact) mass is 1020 g/mol. The van der Waals surface area contributed by atoms with Gasteiger partial charge in [-0.15, -0.1) is 16.8 Å². The summed E-state index contributed by atoms with van der Waals surface area (Å²) < 4.78 is 104. The van der Waals surface area contributed by atoms with Crippen LogP contribution in [-0.4, -0.2) is 77.0 Å². The van der Waals surface area contributed by atoms with Crippen molar-refractivity contribution in [3.63, 3.8) is 0 Å². The van der Waals surface area contributed by atoms with Gasteiger partial charge in [0.15, 0.2) is 5.69 Å². The third kappa shape index (κ3) is 21.8. The molecule has 0 aliphatic heterocycles. The molecule has 70 heavy (non-hydrogen) atoms. The van der Waals surface area contributed by atoms with Gasteiger partial charge in [-0.25, -0.2) is 24.4 Å². The number of thioether (sulfide) groups is 1. The lowest BCUT2D eigenvalue weighted by Crippen LogP contribution is -2.99. The minimum absolute atomic E-state index is 0.00125. The van der Waals surface area contributed by atoms with Crippen molar-refractivity contribution in [1.82, 2.24) is 16.0 Å². The highest BCUT2D eigenvalue weighted by atomic mass is 32.2. The van der Waals surface area contributed by atoms with Crippen LogP contribution in [0.3, 0.4) is 0 Å². The Kier molecular flexibility index (Phi) is 20.1. The molecule has 0 aliphatic rings. The number of benzene rings is 3. The number of alkyl carbamates (subject to hydrolysis) is 2. The van der Waals surface area contributed by atoms with Crippen LogP contribution >= 0.6 is 11.8 Å².